The highest BCUT2D eigenvalue weighted by atomic mass is 16.2. The number of piperazine rings is 1. The molecular weight excluding hydrogens is 276 g/mol. The Morgan fingerprint density at radius 1 is 0.909 bits per heavy atom. The van der Waals surface area contributed by atoms with Crippen molar-refractivity contribution in [2.24, 2.45) is 5.11 Å². The van der Waals surface area contributed by atoms with Crippen LogP contribution in [0.4, 0.5) is 11.4 Å². The molecule has 0 aliphatic carbocycles. The van der Waals surface area contributed by atoms with Gasteiger partial charge in [0, 0.05) is 37.4 Å². The van der Waals surface area contributed by atoms with Gasteiger partial charge in [-0.3, -0.25) is 4.79 Å². The van der Waals surface area contributed by atoms with Gasteiger partial charge in [0.2, 0.25) is 0 Å². The average molecular weight is 294 g/mol. The van der Waals surface area contributed by atoms with Crippen molar-refractivity contribution >= 4 is 17.3 Å². The first-order valence-corrected chi connectivity index (χ1v) is 7.35. The second-order valence-electron chi connectivity index (χ2n) is 5.27. The molecule has 5 heteroatoms. The molecule has 1 fully saturated rings. The second kappa shape index (κ2) is 6.39. The summed E-state index contributed by atoms with van der Waals surface area (Å²) >= 11 is 0. The molecular formula is C17H18N4O. The average Bonchev–Trinajstić information content (AvgIpc) is 2.62. The van der Waals surface area contributed by atoms with Crippen LogP contribution in [-0.4, -0.2) is 37.0 Å². The van der Waals surface area contributed by atoms with Crippen LogP contribution < -0.4 is 4.90 Å². The summed E-state index contributed by atoms with van der Waals surface area (Å²) in [6, 6.07) is 17.0. The molecule has 0 aromatic heterocycles. The molecule has 2 aromatic rings. The largest absolute Gasteiger partial charge is 0.368 e. The van der Waals surface area contributed by atoms with E-state index in [9.17, 15) is 4.79 Å². The van der Waals surface area contributed by atoms with Gasteiger partial charge in [-0.25, -0.2) is 5.53 Å². The monoisotopic (exact) mass is 294 g/mol. The van der Waals surface area contributed by atoms with Crippen molar-refractivity contribution in [2.45, 2.75) is 0 Å². The summed E-state index contributed by atoms with van der Waals surface area (Å²) in [6.07, 6.45) is 0. The summed E-state index contributed by atoms with van der Waals surface area (Å²) in [7, 11) is 0. The first-order valence-electron chi connectivity index (χ1n) is 7.35. The molecule has 0 bridgehead atoms. The maximum atomic E-state index is 12.4. The van der Waals surface area contributed by atoms with Gasteiger partial charge in [0.05, 0.1) is 5.69 Å². The van der Waals surface area contributed by atoms with Crippen LogP contribution in [0, 0.1) is 5.53 Å². The molecule has 0 spiro atoms. The van der Waals surface area contributed by atoms with Crippen molar-refractivity contribution in [3.63, 3.8) is 0 Å². The molecule has 1 N–H and O–H groups in total. The molecule has 1 heterocycles. The molecule has 1 saturated heterocycles. The number of nitrogens with zero attached hydrogens (tertiary/aromatic N) is 3. The molecule has 2 aromatic carbocycles. The van der Waals surface area contributed by atoms with Gasteiger partial charge in [0.15, 0.2) is 0 Å². The molecule has 5 nitrogen and oxygen atoms in total. The van der Waals surface area contributed by atoms with Crippen LogP contribution >= 0.6 is 0 Å². The van der Waals surface area contributed by atoms with Gasteiger partial charge in [-0.15, -0.1) is 0 Å². The highest BCUT2D eigenvalue weighted by Gasteiger charge is 2.22. The van der Waals surface area contributed by atoms with Crippen LogP contribution in [0.3, 0.4) is 0 Å². The molecule has 22 heavy (non-hydrogen) atoms. The minimum absolute atomic E-state index is 0.101. The number of carbonyl (C=O) groups is 1. The molecule has 1 aliphatic rings. The number of hydrogen-bond donors (Lipinski definition) is 1. The zero-order chi connectivity index (χ0) is 15.4. The lowest BCUT2D eigenvalue weighted by Gasteiger charge is -2.36. The van der Waals surface area contributed by atoms with E-state index in [1.165, 1.54) is 0 Å². The fraction of sp³-hybridized carbons (Fsp3) is 0.235. The molecule has 1 aliphatic heterocycles. The Morgan fingerprint density at radius 2 is 1.55 bits per heavy atom. The van der Waals surface area contributed by atoms with Gasteiger partial charge in [-0.05, 0) is 36.4 Å². The molecule has 0 atom stereocenters. The summed E-state index contributed by atoms with van der Waals surface area (Å²) in [5.74, 6) is 0.101. The molecule has 0 unspecified atom stereocenters. The van der Waals surface area contributed by atoms with E-state index in [1.54, 1.807) is 0 Å². The molecule has 112 valence electrons. The number of amides is 1. The third-order valence-corrected chi connectivity index (χ3v) is 3.93. The normalized spacial score (nSPS) is 14.7. The van der Waals surface area contributed by atoms with Gasteiger partial charge in [-0.2, -0.15) is 5.11 Å². The van der Waals surface area contributed by atoms with Crippen molar-refractivity contribution in [2.75, 3.05) is 31.1 Å². The predicted octanol–water partition coefficient (Wildman–Crippen LogP) is 3.31. The fourth-order valence-corrected chi connectivity index (χ4v) is 2.67. The van der Waals surface area contributed by atoms with Crippen LogP contribution in [-0.2, 0) is 0 Å². The second-order valence-corrected chi connectivity index (χ2v) is 5.27. The lowest BCUT2D eigenvalue weighted by molar-refractivity contribution is 0.0747. The van der Waals surface area contributed by atoms with Crippen LogP contribution in [0.5, 0.6) is 0 Å². The molecule has 1 amide bonds. The first-order chi connectivity index (χ1) is 10.8. The predicted molar refractivity (Wildman–Crippen MR) is 85.8 cm³/mol. The highest BCUT2D eigenvalue weighted by Crippen LogP contribution is 2.21. The van der Waals surface area contributed by atoms with E-state index < -0.39 is 0 Å². The number of benzene rings is 2. The summed E-state index contributed by atoms with van der Waals surface area (Å²) in [5.41, 5.74) is 9.49. The Balaban J connectivity index is 1.62. The Bertz CT molecular complexity index is 646. The molecule has 0 radical (unpaired) electrons. The summed E-state index contributed by atoms with van der Waals surface area (Å²) in [5, 5.41) is 3.40. The number of nitrogens with one attached hydrogen (secondary N) is 1. The zero-order valence-corrected chi connectivity index (χ0v) is 12.3. The topological polar surface area (TPSA) is 59.8 Å². The lowest BCUT2D eigenvalue weighted by Crippen LogP contribution is -2.48. The molecule has 3 rings (SSSR count). The van der Waals surface area contributed by atoms with E-state index >= 15 is 0 Å². The number of anilines is 1. The van der Waals surface area contributed by atoms with Gasteiger partial charge in [-0.1, -0.05) is 18.2 Å². The Kier molecular flexibility index (Phi) is 4.14. The van der Waals surface area contributed by atoms with Gasteiger partial charge in [0.25, 0.3) is 5.91 Å². The van der Waals surface area contributed by atoms with Gasteiger partial charge >= 0.3 is 0 Å². The quantitative estimate of drug-likeness (QED) is 0.883. The Labute approximate surface area is 129 Å². The third-order valence-electron chi connectivity index (χ3n) is 3.93. The van der Waals surface area contributed by atoms with E-state index in [2.05, 4.69) is 10.0 Å². The maximum absolute atomic E-state index is 12.4. The highest BCUT2D eigenvalue weighted by molar-refractivity contribution is 5.94. The standard InChI is InChI=1S/C17H18N4O/c18-19-15-6-8-16(9-7-15)20-10-12-21(13-11-20)17(22)14-4-2-1-3-5-14/h1-9,18H,10-13H2. The van der Waals surface area contributed by atoms with Crippen LogP contribution in [0.2, 0.25) is 0 Å². The lowest BCUT2D eigenvalue weighted by atomic mass is 10.1. The van der Waals surface area contributed by atoms with E-state index in [0.29, 0.717) is 5.69 Å². The maximum Gasteiger partial charge on any atom is 0.253 e. The summed E-state index contributed by atoms with van der Waals surface area (Å²) in [6.45, 7) is 3.07. The van der Waals surface area contributed by atoms with Crippen molar-refractivity contribution in [1.82, 2.24) is 4.90 Å². The van der Waals surface area contributed by atoms with Crippen molar-refractivity contribution in [3.8, 4) is 0 Å². The van der Waals surface area contributed by atoms with Gasteiger partial charge < -0.3 is 9.80 Å². The Hall–Kier alpha value is -2.69. The van der Waals surface area contributed by atoms with Crippen LogP contribution in [0.15, 0.2) is 59.7 Å². The number of hydrogen-bond acceptors (Lipinski definition) is 4. The SMILES string of the molecule is N=Nc1ccc(N2CCN(C(=O)c3ccccc3)CC2)cc1. The van der Waals surface area contributed by atoms with Crippen molar-refractivity contribution in [1.29, 1.82) is 5.53 Å². The van der Waals surface area contributed by atoms with E-state index in [0.717, 1.165) is 37.4 Å². The summed E-state index contributed by atoms with van der Waals surface area (Å²) in [4.78, 5) is 16.6. The van der Waals surface area contributed by atoms with Crippen LogP contribution in [0.25, 0.3) is 0 Å². The fourth-order valence-electron chi connectivity index (χ4n) is 2.67. The van der Waals surface area contributed by atoms with Crippen molar-refractivity contribution < 1.29 is 4.79 Å². The van der Waals surface area contributed by atoms with E-state index in [4.69, 9.17) is 5.53 Å². The first kappa shape index (κ1) is 14.3. The Morgan fingerprint density at radius 3 is 2.14 bits per heavy atom. The number of rotatable bonds is 3. The zero-order valence-electron chi connectivity index (χ0n) is 12.3. The van der Waals surface area contributed by atoms with Crippen molar-refractivity contribution in [3.05, 3.63) is 60.2 Å². The minimum atomic E-state index is 0.101. The summed E-state index contributed by atoms with van der Waals surface area (Å²) < 4.78 is 0. The molecule has 0 saturated carbocycles. The van der Waals surface area contributed by atoms with E-state index in [-0.39, 0.29) is 5.91 Å². The van der Waals surface area contributed by atoms with E-state index in [1.807, 2.05) is 59.5 Å². The smallest absolute Gasteiger partial charge is 0.253 e. The number of carbonyl (C=O) groups excluding carboxylic acids is 1. The van der Waals surface area contributed by atoms with Gasteiger partial charge in [0.1, 0.15) is 0 Å². The third kappa shape index (κ3) is 2.98. The van der Waals surface area contributed by atoms with Crippen LogP contribution in [0.1, 0.15) is 10.4 Å². The minimum Gasteiger partial charge on any atom is -0.368 e.